The molecular formula is C30H54OSi2. The van der Waals surface area contributed by atoms with E-state index >= 15 is 0 Å². The Morgan fingerprint density at radius 3 is 1.76 bits per heavy atom. The number of rotatable bonds is 15. The van der Waals surface area contributed by atoms with Gasteiger partial charge in [0.15, 0.2) is 0 Å². The zero-order chi connectivity index (χ0) is 25.1. The van der Waals surface area contributed by atoms with Gasteiger partial charge in [0, 0.05) is 0 Å². The van der Waals surface area contributed by atoms with Crippen molar-refractivity contribution < 1.29 is 5.11 Å². The lowest BCUT2D eigenvalue weighted by atomic mass is 9.93. The Morgan fingerprint density at radius 1 is 0.788 bits per heavy atom. The van der Waals surface area contributed by atoms with Crippen molar-refractivity contribution in [3.63, 3.8) is 0 Å². The van der Waals surface area contributed by atoms with Gasteiger partial charge in [-0.3, -0.25) is 0 Å². The van der Waals surface area contributed by atoms with Crippen LogP contribution >= 0.6 is 0 Å². The summed E-state index contributed by atoms with van der Waals surface area (Å²) >= 11 is 0. The molecule has 1 N–H and O–H groups in total. The number of hydrogen-bond donors (Lipinski definition) is 1. The molecule has 0 spiro atoms. The first kappa shape index (κ1) is 30.1. The van der Waals surface area contributed by atoms with Gasteiger partial charge in [-0.2, -0.15) is 0 Å². The Hall–Kier alpha value is -0.906. The molecule has 0 aliphatic rings. The summed E-state index contributed by atoms with van der Waals surface area (Å²) in [5.41, 5.74) is 8.07. The molecule has 0 fully saturated rings. The summed E-state index contributed by atoms with van der Waals surface area (Å²) in [6, 6.07) is 8.56. The lowest BCUT2D eigenvalue weighted by Crippen LogP contribution is -2.31. The molecule has 1 nitrogen and oxygen atoms in total. The van der Waals surface area contributed by atoms with E-state index in [1.165, 1.54) is 74.1 Å². The maximum Gasteiger partial charge on any atom is 0.0971 e. The molecule has 188 valence electrons. The van der Waals surface area contributed by atoms with E-state index in [0.29, 0.717) is 0 Å². The van der Waals surface area contributed by atoms with E-state index < -0.39 is 22.3 Å². The molecule has 1 unspecified atom stereocenters. The van der Waals surface area contributed by atoms with Gasteiger partial charge in [-0.15, -0.1) is 0 Å². The second-order valence-electron chi connectivity index (χ2n) is 12.1. The Bertz CT molecular complexity index is 745. The molecule has 0 saturated heterocycles. The van der Waals surface area contributed by atoms with E-state index in [2.05, 4.69) is 90.0 Å². The molecule has 1 aromatic carbocycles. The monoisotopic (exact) mass is 486 g/mol. The first-order valence-electron chi connectivity index (χ1n) is 13.6. The van der Waals surface area contributed by atoms with Gasteiger partial charge >= 0.3 is 0 Å². The van der Waals surface area contributed by atoms with Crippen LogP contribution in [0.2, 0.25) is 39.3 Å². The van der Waals surface area contributed by atoms with Crippen LogP contribution in [0.5, 0.6) is 0 Å². The van der Waals surface area contributed by atoms with Crippen molar-refractivity contribution in [2.45, 2.75) is 130 Å². The van der Waals surface area contributed by atoms with E-state index in [4.69, 9.17) is 0 Å². The second kappa shape index (κ2) is 14.5. The molecule has 0 bridgehead atoms. The van der Waals surface area contributed by atoms with Gasteiger partial charge < -0.3 is 5.11 Å². The van der Waals surface area contributed by atoms with Crippen LogP contribution in [-0.4, -0.2) is 21.3 Å². The lowest BCUT2D eigenvalue weighted by molar-refractivity contribution is 0.221. The van der Waals surface area contributed by atoms with Crippen LogP contribution in [0.3, 0.4) is 0 Å². The Morgan fingerprint density at radius 2 is 1.30 bits per heavy atom. The third-order valence-electron chi connectivity index (χ3n) is 6.37. The van der Waals surface area contributed by atoms with E-state index in [1.54, 1.807) is 5.57 Å². The Balaban J connectivity index is 3.61. The molecule has 33 heavy (non-hydrogen) atoms. The third kappa shape index (κ3) is 11.4. The molecule has 0 amide bonds. The van der Waals surface area contributed by atoms with Gasteiger partial charge in [-0.05, 0) is 48.9 Å². The number of unbranched alkanes of at least 4 members (excludes halogenated alkanes) is 6. The van der Waals surface area contributed by atoms with Crippen LogP contribution < -0.4 is 0 Å². The number of hydrogen-bond acceptors (Lipinski definition) is 1. The summed E-state index contributed by atoms with van der Waals surface area (Å²) in [5.74, 6) is 0. The van der Waals surface area contributed by atoms with Gasteiger partial charge in [0.2, 0.25) is 0 Å². The molecule has 1 rings (SSSR count). The topological polar surface area (TPSA) is 20.2 Å². The summed E-state index contributed by atoms with van der Waals surface area (Å²) in [4.78, 5) is 0. The second-order valence-corrected chi connectivity index (χ2v) is 22.2. The number of aliphatic hydroxyl groups is 1. The molecule has 0 aliphatic heterocycles. The van der Waals surface area contributed by atoms with Crippen LogP contribution in [0, 0.1) is 6.92 Å². The van der Waals surface area contributed by atoms with Gasteiger partial charge in [0.1, 0.15) is 0 Å². The van der Waals surface area contributed by atoms with E-state index in [0.717, 1.165) is 12.0 Å². The highest BCUT2D eigenvalue weighted by molar-refractivity contribution is 6.83. The largest absolute Gasteiger partial charge is 0.384 e. The third-order valence-corrected chi connectivity index (χ3v) is 9.78. The normalized spacial score (nSPS) is 14.9. The number of aryl methyl sites for hydroxylation is 1. The fourth-order valence-corrected chi connectivity index (χ4v) is 8.26. The van der Waals surface area contributed by atoms with Crippen molar-refractivity contribution in [3.8, 4) is 0 Å². The first-order valence-corrected chi connectivity index (χ1v) is 20.7. The fourth-order valence-electron chi connectivity index (χ4n) is 4.72. The predicted molar refractivity (Wildman–Crippen MR) is 155 cm³/mol. The first-order chi connectivity index (χ1) is 15.4. The van der Waals surface area contributed by atoms with Crippen molar-refractivity contribution in [1.29, 1.82) is 0 Å². The van der Waals surface area contributed by atoms with Crippen molar-refractivity contribution in [2.75, 3.05) is 0 Å². The minimum atomic E-state index is -1.77. The highest BCUT2D eigenvalue weighted by atomic mass is 28.3. The van der Waals surface area contributed by atoms with Crippen LogP contribution in [0.25, 0.3) is 0 Å². The van der Waals surface area contributed by atoms with Gasteiger partial charge in [0.05, 0.1) is 22.3 Å². The van der Waals surface area contributed by atoms with Crippen LogP contribution in [0.4, 0.5) is 0 Å². The quantitative estimate of drug-likeness (QED) is 0.148. The molecule has 1 atom stereocenters. The molecule has 1 aromatic rings. The molecule has 0 radical (unpaired) electrons. The molecule has 0 aliphatic carbocycles. The number of allylic oxidation sites excluding steroid dienone is 2. The SMILES string of the molecule is CCCCCCC(=C\[Si](C)(C)C)/C(CCCCCC)=C(\C(O)c1ccc(C)cc1)[Si](C)(C)C. The summed E-state index contributed by atoms with van der Waals surface area (Å²) < 4.78 is 0. The molecule has 3 heteroatoms. The van der Waals surface area contributed by atoms with Crippen LogP contribution in [0.15, 0.2) is 46.3 Å². The van der Waals surface area contributed by atoms with Crippen molar-refractivity contribution in [2.24, 2.45) is 0 Å². The average molecular weight is 487 g/mol. The predicted octanol–water partition coefficient (Wildman–Crippen LogP) is 9.95. The summed E-state index contributed by atoms with van der Waals surface area (Å²) in [5, 5.41) is 13.2. The molecule has 0 saturated carbocycles. The molecular weight excluding hydrogens is 433 g/mol. The number of benzene rings is 1. The lowest BCUT2D eigenvalue weighted by Gasteiger charge is -2.32. The zero-order valence-corrected chi connectivity index (χ0v) is 25.5. The van der Waals surface area contributed by atoms with E-state index in [9.17, 15) is 5.11 Å². The highest BCUT2D eigenvalue weighted by Crippen LogP contribution is 2.38. The molecule has 0 heterocycles. The smallest absolute Gasteiger partial charge is 0.0971 e. The summed E-state index contributed by atoms with van der Waals surface area (Å²) in [7, 11) is -3.16. The van der Waals surface area contributed by atoms with E-state index in [1.807, 2.05) is 0 Å². The van der Waals surface area contributed by atoms with Crippen LogP contribution in [-0.2, 0) is 0 Å². The zero-order valence-electron chi connectivity index (χ0n) is 23.5. The van der Waals surface area contributed by atoms with Gasteiger partial charge in [0.25, 0.3) is 0 Å². The van der Waals surface area contributed by atoms with E-state index in [-0.39, 0.29) is 0 Å². The van der Waals surface area contributed by atoms with Crippen molar-refractivity contribution in [3.05, 3.63) is 57.4 Å². The van der Waals surface area contributed by atoms with Gasteiger partial charge in [-0.25, -0.2) is 0 Å². The minimum Gasteiger partial charge on any atom is -0.384 e. The fraction of sp³-hybridized carbons (Fsp3) is 0.667. The maximum absolute atomic E-state index is 11.8. The maximum atomic E-state index is 11.8. The summed E-state index contributed by atoms with van der Waals surface area (Å²) in [6.45, 7) is 21.3. The standard InChI is InChI=1S/C30H54OSi2/c1-10-12-14-16-18-27(24-32(4,5)6)28(19-17-15-13-11-2)30(33(7,8)9)29(31)26-22-20-25(3)21-23-26/h20-24,29,31H,10-19H2,1-9H3/b27-24+,30-28+. The minimum absolute atomic E-state index is 0.487. The van der Waals surface area contributed by atoms with Crippen molar-refractivity contribution >= 4 is 16.1 Å². The Kier molecular flexibility index (Phi) is 13.2. The average Bonchev–Trinajstić information content (AvgIpc) is 2.71. The van der Waals surface area contributed by atoms with Crippen molar-refractivity contribution in [1.82, 2.24) is 0 Å². The molecule has 0 aromatic heterocycles. The highest BCUT2D eigenvalue weighted by Gasteiger charge is 2.31. The summed E-state index contributed by atoms with van der Waals surface area (Å²) in [6.07, 6.45) is 12.1. The number of aliphatic hydroxyl groups excluding tert-OH is 1. The Labute approximate surface area is 208 Å². The van der Waals surface area contributed by atoms with Crippen LogP contribution in [0.1, 0.15) is 95.3 Å². The van der Waals surface area contributed by atoms with Gasteiger partial charge in [-0.1, -0.05) is 133 Å².